The summed E-state index contributed by atoms with van der Waals surface area (Å²) in [7, 11) is 1.89. The Morgan fingerprint density at radius 3 is 2.67 bits per heavy atom. The molecule has 1 aliphatic heterocycles. The molecule has 0 spiro atoms. The largest absolute Gasteiger partial charge is 0.351 e. The van der Waals surface area contributed by atoms with Crippen molar-refractivity contribution in [2.24, 2.45) is 7.05 Å². The molecule has 1 fully saturated rings. The lowest BCUT2D eigenvalue weighted by Gasteiger charge is -2.14. The molecule has 6 heteroatoms. The third kappa shape index (κ3) is 2.52. The first-order valence-electron chi connectivity index (χ1n) is 6.22. The van der Waals surface area contributed by atoms with Gasteiger partial charge in [0, 0.05) is 18.9 Å². The number of halogens is 1. The van der Waals surface area contributed by atoms with Gasteiger partial charge in [0.2, 0.25) is 0 Å². The van der Waals surface area contributed by atoms with Crippen LogP contribution in [0.4, 0.5) is 10.1 Å². The van der Waals surface area contributed by atoms with Gasteiger partial charge in [0.05, 0.1) is 10.6 Å². The van der Waals surface area contributed by atoms with E-state index in [-0.39, 0.29) is 11.6 Å². The number of nitrogens with zero attached hydrogens (tertiary/aromatic N) is 2. The SMILES string of the molecule is Cn1cccc1C=C1SC(=S)N(c2ccccc2F)C1=O. The summed E-state index contributed by atoms with van der Waals surface area (Å²) < 4.78 is 16.1. The minimum absolute atomic E-state index is 0.190. The van der Waals surface area contributed by atoms with Crippen LogP contribution >= 0.6 is 24.0 Å². The average molecular weight is 318 g/mol. The van der Waals surface area contributed by atoms with Crippen molar-refractivity contribution in [3.63, 3.8) is 0 Å². The summed E-state index contributed by atoms with van der Waals surface area (Å²) in [4.78, 5) is 14.2. The number of aromatic nitrogens is 1. The zero-order chi connectivity index (χ0) is 15.0. The molecule has 1 aliphatic rings. The molecule has 21 heavy (non-hydrogen) atoms. The number of para-hydroxylation sites is 1. The first kappa shape index (κ1) is 14.0. The summed E-state index contributed by atoms with van der Waals surface area (Å²) in [6.45, 7) is 0. The molecular formula is C15H11FN2OS2. The molecule has 0 atom stereocenters. The van der Waals surface area contributed by atoms with Crippen LogP contribution in [0.15, 0.2) is 47.5 Å². The van der Waals surface area contributed by atoms with E-state index in [4.69, 9.17) is 12.2 Å². The second-order valence-electron chi connectivity index (χ2n) is 4.51. The standard InChI is InChI=1S/C15H11FN2OS2/c1-17-8-4-5-10(17)9-13-14(19)18(15(20)21-13)12-7-3-2-6-11(12)16/h2-9H,1H3. The van der Waals surface area contributed by atoms with Crippen LogP contribution in [0.1, 0.15) is 5.69 Å². The van der Waals surface area contributed by atoms with Crippen molar-refractivity contribution in [3.8, 4) is 0 Å². The molecule has 3 rings (SSSR count). The molecule has 106 valence electrons. The van der Waals surface area contributed by atoms with Crippen LogP contribution in [0, 0.1) is 5.82 Å². The van der Waals surface area contributed by atoms with Crippen molar-refractivity contribution < 1.29 is 9.18 Å². The molecule has 2 heterocycles. The maximum Gasteiger partial charge on any atom is 0.270 e. The maximum absolute atomic E-state index is 13.9. The summed E-state index contributed by atoms with van der Waals surface area (Å²) in [5, 5.41) is 0. The lowest BCUT2D eigenvalue weighted by molar-refractivity contribution is -0.113. The minimum atomic E-state index is -0.464. The fourth-order valence-electron chi connectivity index (χ4n) is 2.07. The van der Waals surface area contributed by atoms with Gasteiger partial charge in [-0.25, -0.2) is 4.39 Å². The molecule has 0 aliphatic carbocycles. The van der Waals surface area contributed by atoms with E-state index in [2.05, 4.69) is 0 Å². The second kappa shape index (κ2) is 5.46. The second-order valence-corrected chi connectivity index (χ2v) is 6.19. The average Bonchev–Trinajstić information content (AvgIpc) is 2.97. The van der Waals surface area contributed by atoms with Gasteiger partial charge in [0.15, 0.2) is 4.32 Å². The van der Waals surface area contributed by atoms with Gasteiger partial charge in [0.25, 0.3) is 5.91 Å². The number of thiocarbonyl (C=S) groups is 1. The Balaban J connectivity index is 1.99. The third-order valence-electron chi connectivity index (χ3n) is 3.15. The molecule has 1 amide bonds. The molecule has 1 aromatic carbocycles. The summed E-state index contributed by atoms with van der Waals surface area (Å²) in [6, 6.07) is 9.91. The van der Waals surface area contributed by atoms with E-state index in [0.717, 1.165) is 5.69 Å². The van der Waals surface area contributed by atoms with E-state index in [0.29, 0.717) is 9.23 Å². The lowest BCUT2D eigenvalue weighted by Crippen LogP contribution is -2.28. The highest BCUT2D eigenvalue weighted by atomic mass is 32.2. The zero-order valence-corrected chi connectivity index (χ0v) is 12.7. The molecular weight excluding hydrogens is 307 g/mol. The van der Waals surface area contributed by atoms with Gasteiger partial charge >= 0.3 is 0 Å². The number of carbonyl (C=O) groups excluding carboxylic acids is 1. The fourth-order valence-corrected chi connectivity index (χ4v) is 3.34. The number of hydrogen-bond acceptors (Lipinski definition) is 3. The van der Waals surface area contributed by atoms with Crippen LogP contribution < -0.4 is 4.90 Å². The maximum atomic E-state index is 13.9. The highest BCUT2D eigenvalue weighted by Gasteiger charge is 2.34. The van der Waals surface area contributed by atoms with Crippen molar-refractivity contribution in [1.82, 2.24) is 4.57 Å². The number of rotatable bonds is 2. The number of thioether (sulfide) groups is 1. The monoisotopic (exact) mass is 318 g/mol. The number of hydrogen-bond donors (Lipinski definition) is 0. The zero-order valence-electron chi connectivity index (χ0n) is 11.1. The number of aryl methyl sites for hydroxylation is 1. The number of carbonyl (C=O) groups is 1. The van der Waals surface area contributed by atoms with Crippen LogP contribution in [0.3, 0.4) is 0 Å². The van der Waals surface area contributed by atoms with E-state index in [9.17, 15) is 9.18 Å². The van der Waals surface area contributed by atoms with Gasteiger partial charge in [0.1, 0.15) is 5.82 Å². The van der Waals surface area contributed by atoms with E-state index in [1.54, 1.807) is 24.3 Å². The summed E-state index contributed by atoms with van der Waals surface area (Å²) in [5.74, 6) is -0.759. The molecule has 3 nitrogen and oxygen atoms in total. The quantitative estimate of drug-likeness (QED) is 0.625. The molecule has 0 saturated carbocycles. The number of anilines is 1. The summed E-state index contributed by atoms with van der Waals surface area (Å²) >= 11 is 6.40. The van der Waals surface area contributed by atoms with Gasteiger partial charge in [-0.2, -0.15) is 0 Å². The molecule has 1 aromatic heterocycles. The Labute approximate surface area is 131 Å². The Morgan fingerprint density at radius 1 is 1.24 bits per heavy atom. The van der Waals surface area contributed by atoms with E-state index in [1.165, 1.54) is 22.7 Å². The highest BCUT2D eigenvalue weighted by Crippen LogP contribution is 2.36. The predicted molar refractivity (Wildman–Crippen MR) is 87.5 cm³/mol. The normalized spacial score (nSPS) is 17.0. The summed E-state index contributed by atoms with van der Waals surface area (Å²) in [6.07, 6.45) is 3.66. The first-order valence-corrected chi connectivity index (χ1v) is 7.44. The minimum Gasteiger partial charge on any atom is -0.351 e. The molecule has 0 radical (unpaired) electrons. The van der Waals surface area contributed by atoms with Crippen LogP contribution in [0.2, 0.25) is 0 Å². The van der Waals surface area contributed by atoms with Crippen LogP contribution in [0.25, 0.3) is 6.08 Å². The van der Waals surface area contributed by atoms with Crippen molar-refractivity contribution in [1.29, 1.82) is 0 Å². The van der Waals surface area contributed by atoms with Crippen molar-refractivity contribution in [3.05, 3.63) is 59.0 Å². The van der Waals surface area contributed by atoms with Crippen molar-refractivity contribution in [2.45, 2.75) is 0 Å². The molecule has 0 N–H and O–H groups in total. The molecule has 0 bridgehead atoms. The highest BCUT2D eigenvalue weighted by molar-refractivity contribution is 8.27. The molecule has 2 aromatic rings. The fraction of sp³-hybridized carbons (Fsp3) is 0.0667. The van der Waals surface area contributed by atoms with E-state index >= 15 is 0 Å². The molecule has 1 saturated heterocycles. The van der Waals surface area contributed by atoms with Gasteiger partial charge in [-0.15, -0.1) is 0 Å². The Kier molecular flexibility index (Phi) is 3.65. The Bertz CT molecular complexity index is 767. The van der Waals surface area contributed by atoms with Crippen LogP contribution in [-0.4, -0.2) is 14.8 Å². The number of amides is 1. The van der Waals surface area contributed by atoms with Crippen molar-refractivity contribution >= 4 is 46.0 Å². The number of benzene rings is 1. The van der Waals surface area contributed by atoms with E-state index in [1.807, 2.05) is 29.9 Å². The van der Waals surface area contributed by atoms with Crippen LogP contribution in [0.5, 0.6) is 0 Å². The van der Waals surface area contributed by atoms with Gasteiger partial charge in [-0.1, -0.05) is 36.1 Å². The smallest absolute Gasteiger partial charge is 0.270 e. The topological polar surface area (TPSA) is 25.2 Å². The van der Waals surface area contributed by atoms with Gasteiger partial charge < -0.3 is 4.57 Å². The Hall–Kier alpha value is -1.92. The first-order chi connectivity index (χ1) is 10.1. The van der Waals surface area contributed by atoms with E-state index < -0.39 is 5.82 Å². The lowest BCUT2D eigenvalue weighted by atomic mass is 10.2. The summed E-state index contributed by atoms with van der Waals surface area (Å²) in [5.41, 5.74) is 1.08. The van der Waals surface area contributed by atoms with Gasteiger partial charge in [-0.05, 0) is 30.3 Å². The van der Waals surface area contributed by atoms with Gasteiger partial charge in [-0.3, -0.25) is 9.69 Å². The predicted octanol–water partition coefficient (Wildman–Crippen LogP) is 3.57. The van der Waals surface area contributed by atoms with Crippen molar-refractivity contribution in [2.75, 3.05) is 4.90 Å². The van der Waals surface area contributed by atoms with Crippen LogP contribution in [-0.2, 0) is 11.8 Å². The third-order valence-corrected chi connectivity index (χ3v) is 4.45. The Morgan fingerprint density at radius 2 is 2.00 bits per heavy atom. The molecule has 0 unspecified atom stereocenters.